The fraction of sp³-hybridized carbons (Fsp3) is 0.190. The second kappa shape index (κ2) is 8.91. The highest BCUT2D eigenvalue weighted by molar-refractivity contribution is 5.92. The summed E-state index contributed by atoms with van der Waals surface area (Å²) in [5.41, 5.74) is 6.01. The van der Waals surface area contributed by atoms with Crippen LogP contribution in [0, 0.1) is 0 Å². The Labute approximate surface area is 170 Å². The van der Waals surface area contributed by atoms with Crippen molar-refractivity contribution in [2.24, 2.45) is 5.73 Å². The molecular weight excluding hydrogens is 397 g/mol. The Kier molecular flexibility index (Phi) is 6.31. The quantitative estimate of drug-likeness (QED) is 0.549. The van der Waals surface area contributed by atoms with E-state index >= 15 is 0 Å². The van der Waals surface area contributed by atoms with Crippen LogP contribution in [0.5, 0.6) is 0 Å². The zero-order chi connectivity index (χ0) is 21.7. The highest BCUT2D eigenvalue weighted by Crippen LogP contribution is 2.31. The molecule has 30 heavy (non-hydrogen) atoms. The van der Waals surface area contributed by atoms with Gasteiger partial charge in [0.25, 0.3) is 5.91 Å². The molecule has 0 aliphatic carbocycles. The molecule has 0 aliphatic rings. The maximum Gasteiger partial charge on any atom is 0.416 e. The molecule has 0 spiro atoms. The number of aliphatic hydroxyl groups is 1. The van der Waals surface area contributed by atoms with E-state index in [-0.39, 0.29) is 23.9 Å². The van der Waals surface area contributed by atoms with Gasteiger partial charge in [-0.2, -0.15) is 13.2 Å². The standard InChI is InChI=1S/C21H19F3N4O2/c22-21(23,24)15-8-6-14(7-9-15)17-11-18(19(25)30)28-20(27-17)26-16(12-29)10-13-4-2-1-3-5-13/h1-9,11,16,29H,10,12H2,(H2,25,30)(H,26,27,28)/t16-/m0/s1. The molecule has 0 aliphatic heterocycles. The number of alkyl halides is 3. The summed E-state index contributed by atoms with van der Waals surface area (Å²) in [6, 6.07) is 14.7. The number of nitrogens with one attached hydrogen (secondary N) is 1. The Morgan fingerprint density at radius 2 is 1.73 bits per heavy atom. The third-order valence-corrected chi connectivity index (χ3v) is 4.37. The van der Waals surface area contributed by atoms with E-state index in [1.54, 1.807) is 0 Å². The van der Waals surface area contributed by atoms with Gasteiger partial charge in [-0.3, -0.25) is 4.79 Å². The zero-order valence-electron chi connectivity index (χ0n) is 15.7. The van der Waals surface area contributed by atoms with Crippen LogP contribution in [-0.4, -0.2) is 33.6 Å². The summed E-state index contributed by atoms with van der Waals surface area (Å²) in [7, 11) is 0. The number of benzene rings is 2. The Hall–Kier alpha value is -3.46. The van der Waals surface area contributed by atoms with Crippen LogP contribution >= 0.6 is 0 Å². The second-order valence-electron chi connectivity index (χ2n) is 6.61. The van der Waals surface area contributed by atoms with Gasteiger partial charge in [-0.15, -0.1) is 0 Å². The number of rotatable bonds is 7. The molecule has 1 heterocycles. The first-order chi connectivity index (χ1) is 14.3. The minimum atomic E-state index is -4.46. The lowest BCUT2D eigenvalue weighted by Gasteiger charge is -2.17. The van der Waals surface area contributed by atoms with Gasteiger partial charge in [0.15, 0.2) is 0 Å². The largest absolute Gasteiger partial charge is 0.416 e. The molecule has 1 atom stereocenters. The van der Waals surface area contributed by atoms with Gasteiger partial charge < -0.3 is 16.2 Å². The average Bonchev–Trinajstić information content (AvgIpc) is 2.73. The first-order valence-corrected chi connectivity index (χ1v) is 9.04. The number of anilines is 1. The van der Waals surface area contributed by atoms with Crippen LogP contribution in [0.4, 0.5) is 19.1 Å². The van der Waals surface area contributed by atoms with Crippen molar-refractivity contribution in [2.75, 3.05) is 11.9 Å². The van der Waals surface area contributed by atoms with Crippen molar-refractivity contribution in [1.82, 2.24) is 9.97 Å². The molecule has 156 valence electrons. The van der Waals surface area contributed by atoms with Crippen molar-refractivity contribution < 1.29 is 23.1 Å². The summed E-state index contributed by atoms with van der Waals surface area (Å²) in [5.74, 6) is -0.770. The van der Waals surface area contributed by atoms with Crippen molar-refractivity contribution >= 4 is 11.9 Å². The van der Waals surface area contributed by atoms with Crippen LogP contribution in [0.2, 0.25) is 0 Å². The number of nitrogens with two attached hydrogens (primary N) is 1. The first kappa shape index (κ1) is 21.3. The predicted octanol–water partition coefficient (Wildman–Crippen LogP) is 3.28. The molecule has 0 unspecified atom stereocenters. The minimum Gasteiger partial charge on any atom is -0.394 e. The number of hydrogen-bond donors (Lipinski definition) is 3. The van der Waals surface area contributed by atoms with Gasteiger partial charge in [0.2, 0.25) is 5.95 Å². The number of primary amides is 1. The molecule has 0 bridgehead atoms. The van der Waals surface area contributed by atoms with Gasteiger partial charge >= 0.3 is 6.18 Å². The molecule has 3 rings (SSSR count). The van der Waals surface area contributed by atoms with Gasteiger partial charge in [-0.1, -0.05) is 42.5 Å². The van der Waals surface area contributed by atoms with Gasteiger partial charge in [-0.05, 0) is 30.2 Å². The summed E-state index contributed by atoms with van der Waals surface area (Å²) in [4.78, 5) is 20.0. The molecule has 0 fully saturated rings. The zero-order valence-corrected chi connectivity index (χ0v) is 15.7. The van der Waals surface area contributed by atoms with E-state index in [4.69, 9.17) is 5.73 Å². The first-order valence-electron chi connectivity index (χ1n) is 9.04. The van der Waals surface area contributed by atoms with E-state index in [2.05, 4.69) is 15.3 Å². The highest BCUT2D eigenvalue weighted by Gasteiger charge is 2.30. The predicted molar refractivity (Wildman–Crippen MR) is 106 cm³/mol. The third-order valence-electron chi connectivity index (χ3n) is 4.37. The van der Waals surface area contributed by atoms with E-state index in [1.807, 2.05) is 30.3 Å². The van der Waals surface area contributed by atoms with Crippen molar-refractivity contribution in [3.63, 3.8) is 0 Å². The number of aromatic nitrogens is 2. The van der Waals surface area contributed by atoms with E-state index in [0.717, 1.165) is 17.7 Å². The van der Waals surface area contributed by atoms with Crippen molar-refractivity contribution in [2.45, 2.75) is 18.6 Å². The third kappa shape index (κ3) is 5.32. The molecule has 9 heteroatoms. The molecular formula is C21H19F3N4O2. The maximum absolute atomic E-state index is 12.8. The lowest BCUT2D eigenvalue weighted by atomic mass is 10.1. The van der Waals surface area contributed by atoms with E-state index < -0.39 is 23.7 Å². The Morgan fingerprint density at radius 3 is 2.30 bits per heavy atom. The summed E-state index contributed by atoms with van der Waals surface area (Å²) >= 11 is 0. The molecule has 6 nitrogen and oxygen atoms in total. The van der Waals surface area contributed by atoms with Crippen LogP contribution < -0.4 is 11.1 Å². The Bertz CT molecular complexity index is 1010. The van der Waals surface area contributed by atoms with Crippen molar-refractivity contribution in [1.29, 1.82) is 0 Å². The minimum absolute atomic E-state index is 0.0381. The van der Waals surface area contributed by atoms with Crippen LogP contribution in [-0.2, 0) is 12.6 Å². The number of nitrogens with zero attached hydrogens (tertiary/aromatic N) is 2. The molecule has 1 aromatic heterocycles. The van der Waals surface area contributed by atoms with Gasteiger partial charge in [0.05, 0.1) is 23.9 Å². The topological polar surface area (TPSA) is 101 Å². The number of halogens is 3. The SMILES string of the molecule is NC(=O)c1cc(-c2ccc(C(F)(F)F)cc2)nc(N[C@H](CO)Cc2ccccc2)n1. The molecule has 4 N–H and O–H groups in total. The van der Waals surface area contributed by atoms with Crippen molar-refractivity contribution in [3.05, 3.63) is 77.5 Å². The average molecular weight is 416 g/mol. The number of carbonyl (C=O) groups excluding carboxylic acids is 1. The summed E-state index contributed by atoms with van der Waals surface area (Å²) < 4.78 is 38.4. The van der Waals surface area contributed by atoms with Crippen LogP contribution in [0.25, 0.3) is 11.3 Å². The lowest BCUT2D eigenvalue weighted by Crippen LogP contribution is -2.28. The molecule has 0 radical (unpaired) electrons. The van der Waals surface area contributed by atoms with Crippen molar-refractivity contribution in [3.8, 4) is 11.3 Å². The van der Waals surface area contributed by atoms with Crippen LogP contribution in [0.3, 0.4) is 0 Å². The van der Waals surface area contributed by atoms with E-state index in [0.29, 0.717) is 12.0 Å². The number of carbonyl (C=O) groups is 1. The maximum atomic E-state index is 12.8. The molecule has 0 saturated heterocycles. The number of aliphatic hydroxyl groups excluding tert-OH is 1. The van der Waals surface area contributed by atoms with Gasteiger partial charge in [-0.25, -0.2) is 9.97 Å². The summed E-state index contributed by atoms with van der Waals surface area (Å²) in [6.07, 6.45) is -3.99. The van der Waals surface area contributed by atoms with Crippen LogP contribution in [0.15, 0.2) is 60.7 Å². The molecule has 3 aromatic rings. The van der Waals surface area contributed by atoms with Crippen LogP contribution in [0.1, 0.15) is 21.6 Å². The highest BCUT2D eigenvalue weighted by atomic mass is 19.4. The summed E-state index contributed by atoms with van der Waals surface area (Å²) in [6.45, 7) is -0.228. The van der Waals surface area contributed by atoms with Gasteiger partial charge in [0.1, 0.15) is 5.69 Å². The fourth-order valence-electron chi connectivity index (χ4n) is 2.86. The van der Waals surface area contributed by atoms with Gasteiger partial charge in [0, 0.05) is 5.56 Å². The molecule has 0 saturated carbocycles. The summed E-state index contributed by atoms with van der Waals surface area (Å²) in [5, 5.41) is 12.7. The lowest BCUT2D eigenvalue weighted by molar-refractivity contribution is -0.137. The number of hydrogen-bond acceptors (Lipinski definition) is 5. The Morgan fingerprint density at radius 1 is 1.07 bits per heavy atom. The second-order valence-corrected chi connectivity index (χ2v) is 6.61. The smallest absolute Gasteiger partial charge is 0.394 e. The van der Waals surface area contributed by atoms with E-state index in [9.17, 15) is 23.1 Å². The fourth-order valence-corrected chi connectivity index (χ4v) is 2.86. The number of amides is 1. The Balaban J connectivity index is 1.89. The van der Waals surface area contributed by atoms with E-state index in [1.165, 1.54) is 18.2 Å². The normalized spacial score (nSPS) is 12.4. The molecule has 2 aromatic carbocycles. The molecule has 1 amide bonds. The monoisotopic (exact) mass is 416 g/mol.